The number of ether oxygens (including phenoxy) is 1. The van der Waals surface area contributed by atoms with Crippen molar-refractivity contribution in [2.24, 2.45) is 0 Å². The van der Waals surface area contributed by atoms with Crippen molar-refractivity contribution in [3.63, 3.8) is 0 Å². The van der Waals surface area contributed by atoms with Gasteiger partial charge in [-0.1, -0.05) is 32.6 Å². The maximum atomic E-state index is 13.8. The van der Waals surface area contributed by atoms with Gasteiger partial charge in [0.05, 0.1) is 6.26 Å². The molecule has 2 amide bonds. The molecule has 4 rings (SSSR count). The standard InChI is InChI=1S/C30H44N6O5S2/c1-6-7-8-9-10-19-42-23-11-12-25-22(20-23)13-14-36(25)27(37)24-21-31-28(32-26(24)33-43(5,39)40)34-15-17-35(18-16-34)29(38)41-30(2,3)4/h11-12,20-21H,6-10,13-19H2,1-5H3,(H,31,32,33). The summed E-state index contributed by atoms with van der Waals surface area (Å²) in [6.07, 6.45) is 9.01. The molecule has 1 aromatic heterocycles. The van der Waals surface area contributed by atoms with Gasteiger partial charge in [-0.3, -0.25) is 9.52 Å². The summed E-state index contributed by atoms with van der Waals surface area (Å²) in [5, 5.41) is 0. The Labute approximate surface area is 259 Å². The number of sulfonamides is 1. The predicted molar refractivity (Wildman–Crippen MR) is 172 cm³/mol. The van der Waals surface area contributed by atoms with E-state index in [1.54, 1.807) is 9.80 Å². The van der Waals surface area contributed by atoms with Gasteiger partial charge in [0, 0.05) is 49.5 Å². The Kier molecular flexibility index (Phi) is 10.8. The highest BCUT2D eigenvalue weighted by molar-refractivity contribution is 7.99. The lowest BCUT2D eigenvalue weighted by atomic mass is 10.2. The van der Waals surface area contributed by atoms with Gasteiger partial charge in [0.1, 0.15) is 11.2 Å². The summed E-state index contributed by atoms with van der Waals surface area (Å²) >= 11 is 1.84. The normalized spacial score (nSPS) is 15.4. The topological polar surface area (TPSA) is 125 Å². The fraction of sp³-hybridized carbons (Fsp3) is 0.600. The van der Waals surface area contributed by atoms with Crippen molar-refractivity contribution in [2.45, 2.75) is 76.7 Å². The molecule has 43 heavy (non-hydrogen) atoms. The highest BCUT2D eigenvalue weighted by Crippen LogP contribution is 2.34. The van der Waals surface area contributed by atoms with Gasteiger partial charge in [0.25, 0.3) is 5.91 Å². The molecule has 0 spiro atoms. The lowest BCUT2D eigenvalue weighted by molar-refractivity contribution is 0.0240. The first-order valence-electron chi connectivity index (χ1n) is 15.0. The van der Waals surface area contributed by atoms with Gasteiger partial charge < -0.3 is 19.4 Å². The average molecular weight is 633 g/mol. The molecule has 1 saturated heterocycles. The van der Waals surface area contributed by atoms with E-state index in [0.29, 0.717) is 32.7 Å². The number of hydrogen-bond acceptors (Lipinski definition) is 9. The van der Waals surface area contributed by atoms with Gasteiger partial charge in [0.2, 0.25) is 16.0 Å². The molecule has 236 valence electrons. The molecule has 1 N–H and O–H groups in total. The molecule has 0 saturated carbocycles. The molecule has 13 heteroatoms. The minimum absolute atomic E-state index is 0.0595. The molecule has 2 aliphatic heterocycles. The van der Waals surface area contributed by atoms with Crippen LogP contribution in [0.2, 0.25) is 0 Å². The molecule has 1 fully saturated rings. The second-order valence-electron chi connectivity index (χ2n) is 12.0. The highest BCUT2D eigenvalue weighted by Gasteiger charge is 2.31. The number of carbonyl (C=O) groups is 2. The Bertz CT molecular complexity index is 1400. The maximum absolute atomic E-state index is 13.8. The molecule has 0 aliphatic carbocycles. The number of hydrogen-bond donors (Lipinski definition) is 1. The van der Waals surface area contributed by atoms with Gasteiger partial charge in [-0.25, -0.2) is 18.2 Å². The molecule has 3 heterocycles. The molecule has 0 unspecified atom stereocenters. The maximum Gasteiger partial charge on any atom is 0.410 e. The number of fused-ring (bicyclic) bond motifs is 1. The molecule has 2 aliphatic rings. The van der Waals surface area contributed by atoms with Crippen molar-refractivity contribution in [2.75, 3.05) is 59.3 Å². The van der Waals surface area contributed by atoms with E-state index in [4.69, 9.17) is 4.74 Å². The van der Waals surface area contributed by atoms with Gasteiger partial charge in [-0.2, -0.15) is 4.98 Å². The van der Waals surface area contributed by atoms with Crippen molar-refractivity contribution in [3.05, 3.63) is 35.5 Å². The Morgan fingerprint density at radius 2 is 1.77 bits per heavy atom. The molecule has 11 nitrogen and oxygen atoms in total. The average Bonchev–Trinajstić information content (AvgIpc) is 3.36. The van der Waals surface area contributed by atoms with E-state index >= 15 is 0 Å². The number of rotatable bonds is 11. The quantitative estimate of drug-likeness (QED) is 0.264. The smallest absolute Gasteiger partial charge is 0.410 e. The van der Waals surface area contributed by atoms with Gasteiger partial charge in [0.15, 0.2) is 5.82 Å². The molecule has 0 radical (unpaired) electrons. The fourth-order valence-corrected chi connectivity index (χ4v) is 6.55. The number of piperazine rings is 1. The number of thioether (sulfide) groups is 1. The van der Waals surface area contributed by atoms with E-state index in [-0.39, 0.29) is 29.3 Å². The van der Waals surface area contributed by atoms with Crippen LogP contribution in [0.1, 0.15) is 75.7 Å². The monoisotopic (exact) mass is 632 g/mol. The third-order valence-electron chi connectivity index (χ3n) is 7.21. The predicted octanol–water partition coefficient (Wildman–Crippen LogP) is 5.17. The van der Waals surface area contributed by atoms with Gasteiger partial charge in [-0.05, 0) is 63.1 Å². The molecule has 0 atom stereocenters. The van der Waals surface area contributed by atoms with Crippen molar-refractivity contribution in [3.8, 4) is 0 Å². The van der Waals surface area contributed by atoms with E-state index in [9.17, 15) is 18.0 Å². The fourth-order valence-electron chi connectivity index (χ4n) is 5.07. The van der Waals surface area contributed by atoms with Crippen LogP contribution in [0.4, 0.5) is 22.2 Å². The van der Waals surface area contributed by atoms with Crippen LogP contribution in [0.25, 0.3) is 0 Å². The van der Waals surface area contributed by atoms with Crippen molar-refractivity contribution < 1.29 is 22.7 Å². The second-order valence-corrected chi connectivity index (χ2v) is 14.9. The van der Waals surface area contributed by atoms with Crippen molar-refractivity contribution >= 4 is 51.2 Å². The summed E-state index contributed by atoms with van der Waals surface area (Å²) in [7, 11) is -3.73. The number of carbonyl (C=O) groups excluding carboxylic acids is 2. The van der Waals surface area contributed by atoms with E-state index in [0.717, 1.165) is 29.7 Å². The lowest BCUT2D eigenvalue weighted by Crippen LogP contribution is -2.50. The van der Waals surface area contributed by atoms with E-state index in [1.807, 2.05) is 49.6 Å². The van der Waals surface area contributed by atoms with Crippen LogP contribution in [-0.2, 0) is 21.2 Å². The largest absolute Gasteiger partial charge is 0.444 e. The Balaban J connectivity index is 1.46. The lowest BCUT2D eigenvalue weighted by Gasteiger charge is -2.35. The van der Waals surface area contributed by atoms with Crippen LogP contribution in [0.5, 0.6) is 0 Å². The van der Waals surface area contributed by atoms with Crippen LogP contribution in [0, 0.1) is 0 Å². The van der Waals surface area contributed by atoms with Crippen molar-refractivity contribution in [1.82, 2.24) is 14.9 Å². The summed E-state index contributed by atoms with van der Waals surface area (Å²) in [5.74, 6) is 0.939. The number of amides is 2. The van der Waals surface area contributed by atoms with Crippen LogP contribution >= 0.6 is 11.8 Å². The second kappa shape index (κ2) is 14.1. The SMILES string of the molecule is CCCCCCCSc1ccc2c(c1)CCN2C(=O)c1cnc(N2CCN(C(=O)OC(C)(C)C)CC2)nc1NS(C)(=O)=O. The van der Waals surface area contributed by atoms with E-state index < -0.39 is 15.6 Å². The highest BCUT2D eigenvalue weighted by atomic mass is 32.2. The molecule has 2 aromatic rings. The summed E-state index contributed by atoms with van der Waals surface area (Å²) in [4.78, 5) is 41.5. The van der Waals surface area contributed by atoms with Gasteiger partial charge in [-0.15, -0.1) is 11.8 Å². The number of nitrogens with one attached hydrogen (secondary N) is 1. The van der Waals surface area contributed by atoms with E-state index in [1.165, 1.54) is 43.2 Å². The Hall–Kier alpha value is -3.06. The number of benzene rings is 1. The Morgan fingerprint density at radius 1 is 1.05 bits per heavy atom. The third-order valence-corrected chi connectivity index (χ3v) is 8.86. The zero-order valence-electron chi connectivity index (χ0n) is 25.9. The van der Waals surface area contributed by atoms with Crippen LogP contribution in [0.15, 0.2) is 29.3 Å². The van der Waals surface area contributed by atoms with Gasteiger partial charge >= 0.3 is 6.09 Å². The van der Waals surface area contributed by atoms with Crippen LogP contribution < -0.4 is 14.5 Å². The van der Waals surface area contributed by atoms with Crippen LogP contribution in [0.3, 0.4) is 0 Å². The minimum atomic E-state index is -3.73. The molecule has 0 bridgehead atoms. The molecule has 1 aromatic carbocycles. The van der Waals surface area contributed by atoms with Crippen molar-refractivity contribution in [1.29, 1.82) is 0 Å². The first-order chi connectivity index (χ1) is 20.3. The molecular formula is C30H44N6O5S2. The summed E-state index contributed by atoms with van der Waals surface area (Å²) in [6, 6.07) is 6.18. The van der Waals surface area contributed by atoms with Crippen LogP contribution in [-0.4, -0.2) is 85.6 Å². The summed E-state index contributed by atoms with van der Waals surface area (Å²) < 4.78 is 32.4. The number of nitrogens with zero attached hydrogens (tertiary/aromatic N) is 5. The summed E-state index contributed by atoms with van der Waals surface area (Å²) in [6.45, 7) is 9.85. The first-order valence-corrected chi connectivity index (χ1v) is 17.9. The number of aromatic nitrogens is 2. The first kappa shape index (κ1) is 32.8. The third kappa shape index (κ3) is 9.21. The Morgan fingerprint density at radius 3 is 2.44 bits per heavy atom. The number of anilines is 3. The summed E-state index contributed by atoms with van der Waals surface area (Å²) in [5.41, 5.74) is 1.42. The molecular weight excluding hydrogens is 589 g/mol. The minimum Gasteiger partial charge on any atom is -0.444 e. The zero-order valence-corrected chi connectivity index (χ0v) is 27.5. The van der Waals surface area contributed by atoms with E-state index in [2.05, 4.69) is 27.7 Å². The zero-order chi connectivity index (χ0) is 31.2. The number of unbranched alkanes of at least 4 members (excludes halogenated alkanes) is 4.